The van der Waals surface area contributed by atoms with Gasteiger partial charge in [-0.25, -0.2) is 0 Å². The van der Waals surface area contributed by atoms with Crippen molar-refractivity contribution in [3.8, 4) is 0 Å². The standard InChI is InChI=1S/C10H18O3/c1-10(2,13)8-4-3-7(6-11)9(12)5-8/h3,8-9,11-13H,4-6H2,1-2H3/t8?,9-/m1/s1. The SMILES string of the molecule is CC(C)(O)C1CC=C(CO)[C@H](O)C1. The van der Waals surface area contributed by atoms with Gasteiger partial charge in [0.2, 0.25) is 0 Å². The smallest absolute Gasteiger partial charge is 0.0776 e. The summed E-state index contributed by atoms with van der Waals surface area (Å²) in [5.74, 6) is 0.0813. The summed E-state index contributed by atoms with van der Waals surface area (Å²) in [6.07, 6.45) is 2.51. The molecule has 13 heavy (non-hydrogen) atoms. The van der Waals surface area contributed by atoms with Crippen molar-refractivity contribution in [3.63, 3.8) is 0 Å². The lowest BCUT2D eigenvalue weighted by molar-refractivity contribution is -0.00717. The van der Waals surface area contributed by atoms with Crippen LogP contribution in [0.5, 0.6) is 0 Å². The highest BCUT2D eigenvalue weighted by atomic mass is 16.3. The quantitative estimate of drug-likeness (QED) is 0.549. The molecule has 0 radical (unpaired) electrons. The molecule has 3 N–H and O–H groups in total. The number of rotatable bonds is 2. The summed E-state index contributed by atoms with van der Waals surface area (Å²) >= 11 is 0. The van der Waals surface area contributed by atoms with Crippen LogP contribution in [-0.4, -0.2) is 33.6 Å². The van der Waals surface area contributed by atoms with Crippen LogP contribution in [0.25, 0.3) is 0 Å². The van der Waals surface area contributed by atoms with Crippen molar-refractivity contribution in [2.24, 2.45) is 5.92 Å². The van der Waals surface area contributed by atoms with Gasteiger partial charge in [-0.1, -0.05) is 6.08 Å². The van der Waals surface area contributed by atoms with Gasteiger partial charge in [-0.15, -0.1) is 0 Å². The molecule has 0 saturated carbocycles. The average Bonchev–Trinajstić information content (AvgIpc) is 2.02. The Balaban J connectivity index is 2.66. The third kappa shape index (κ3) is 2.53. The third-order valence-corrected chi connectivity index (χ3v) is 2.78. The van der Waals surface area contributed by atoms with Crippen LogP contribution in [0.3, 0.4) is 0 Å². The van der Waals surface area contributed by atoms with Crippen molar-refractivity contribution in [1.29, 1.82) is 0 Å². The molecule has 3 heteroatoms. The maximum Gasteiger partial charge on any atom is 0.0776 e. The Bertz CT molecular complexity index is 203. The lowest BCUT2D eigenvalue weighted by atomic mass is 9.78. The molecule has 0 aromatic rings. The molecule has 0 aromatic heterocycles. The second-order valence-electron chi connectivity index (χ2n) is 4.27. The Morgan fingerprint density at radius 2 is 2.15 bits per heavy atom. The second kappa shape index (κ2) is 3.78. The normalized spacial score (nSPS) is 30.1. The van der Waals surface area contributed by atoms with Gasteiger partial charge in [-0.05, 0) is 38.2 Å². The predicted molar refractivity (Wildman–Crippen MR) is 50.2 cm³/mol. The van der Waals surface area contributed by atoms with Crippen molar-refractivity contribution >= 4 is 0 Å². The monoisotopic (exact) mass is 186 g/mol. The lowest BCUT2D eigenvalue weighted by Gasteiger charge is -2.34. The largest absolute Gasteiger partial charge is 0.392 e. The highest BCUT2D eigenvalue weighted by molar-refractivity contribution is 5.13. The molecule has 3 nitrogen and oxygen atoms in total. The van der Waals surface area contributed by atoms with Crippen molar-refractivity contribution in [2.75, 3.05) is 6.61 Å². The van der Waals surface area contributed by atoms with E-state index in [-0.39, 0.29) is 12.5 Å². The molecule has 0 saturated heterocycles. The molecule has 0 fully saturated rings. The molecule has 76 valence electrons. The lowest BCUT2D eigenvalue weighted by Crippen LogP contribution is -2.36. The summed E-state index contributed by atoms with van der Waals surface area (Å²) in [6.45, 7) is 3.42. The van der Waals surface area contributed by atoms with Crippen LogP contribution in [0.1, 0.15) is 26.7 Å². The molecular formula is C10H18O3. The molecule has 1 rings (SSSR count). The molecular weight excluding hydrogens is 168 g/mol. The van der Waals surface area contributed by atoms with Crippen LogP contribution in [0.4, 0.5) is 0 Å². The summed E-state index contributed by atoms with van der Waals surface area (Å²) in [5, 5.41) is 28.1. The molecule has 0 bridgehead atoms. The first-order chi connectivity index (χ1) is 5.95. The zero-order valence-electron chi connectivity index (χ0n) is 8.20. The fourth-order valence-electron chi connectivity index (χ4n) is 1.69. The van der Waals surface area contributed by atoms with Gasteiger partial charge in [-0.3, -0.25) is 0 Å². The van der Waals surface area contributed by atoms with E-state index in [4.69, 9.17) is 5.11 Å². The fraction of sp³-hybridized carbons (Fsp3) is 0.800. The van der Waals surface area contributed by atoms with E-state index < -0.39 is 11.7 Å². The zero-order chi connectivity index (χ0) is 10.1. The van der Waals surface area contributed by atoms with E-state index in [0.29, 0.717) is 12.0 Å². The van der Waals surface area contributed by atoms with Gasteiger partial charge in [0.15, 0.2) is 0 Å². The van der Waals surface area contributed by atoms with E-state index in [0.717, 1.165) is 6.42 Å². The first-order valence-electron chi connectivity index (χ1n) is 4.65. The minimum atomic E-state index is -0.752. The van der Waals surface area contributed by atoms with E-state index in [1.807, 2.05) is 6.08 Å². The average molecular weight is 186 g/mol. The topological polar surface area (TPSA) is 60.7 Å². The van der Waals surface area contributed by atoms with Crippen LogP contribution in [0.15, 0.2) is 11.6 Å². The molecule has 1 unspecified atom stereocenters. The Morgan fingerprint density at radius 3 is 2.54 bits per heavy atom. The van der Waals surface area contributed by atoms with E-state index in [1.165, 1.54) is 0 Å². The second-order valence-corrected chi connectivity index (χ2v) is 4.27. The summed E-state index contributed by atoms with van der Waals surface area (Å²) in [5.41, 5.74) is -0.0705. The summed E-state index contributed by atoms with van der Waals surface area (Å²) in [7, 11) is 0. The number of hydrogen-bond donors (Lipinski definition) is 3. The van der Waals surface area contributed by atoms with Gasteiger partial charge in [0.1, 0.15) is 0 Å². The van der Waals surface area contributed by atoms with Crippen molar-refractivity contribution in [1.82, 2.24) is 0 Å². The van der Waals surface area contributed by atoms with Gasteiger partial charge in [-0.2, -0.15) is 0 Å². The van der Waals surface area contributed by atoms with Crippen molar-refractivity contribution in [2.45, 2.75) is 38.4 Å². The number of aliphatic hydroxyl groups excluding tert-OH is 2. The van der Waals surface area contributed by atoms with E-state index in [1.54, 1.807) is 13.8 Å². The first-order valence-corrected chi connectivity index (χ1v) is 4.65. The minimum Gasteiger partial charge on any atom is -0.392 e. The van der Waals surface area contributed by atoms with E-state index in [9.17, 15) is 10.2 Å². The molecule has 2 atom stereocenters. The maximum atomic E-state index is 9.72. The van der Waals surface area contributed by atoms with E-state index in [2.05, 4.69) is 0 Å². The summed E-state index contributed by atoms with van der Waals surface area (Å²) in [6, 6.07) is 0. The van der Waals surface area contributed by atoms with Crippen LogP contribution in [0, 0.1) is 5.92 Å². The highest BCUT2D eigenvalue weighted by Crippen LogP contribution is 2.31. The molecule has 0 heterocycles. The van der Waals surface area contributed by atoms with Crippen LogP contribution in [0.2, 0.25) is 0 Å². The van der Waals surface area contributed by atoms with Gasteiger partial charge in [0.05, 0.1) is 18.3 Å². The Hall–Kier alpha value is -0.380. The number of aliphatic hydroxyl groups is 3. The molecule has 0 aromatic carbocycles. The van der Waals surface area contributed by atoms with E-state index >= 15 is 0 Å². The molecule has 1 aliphatic carbocycles. The summed E-state index contributed by atoms with van der Waals surface area (Å²) < 4.78 is 0. The van der Waals surface area contributed by atoms with Gasteiger partial charge in [0.25, 0.3) is 0 Å². The number of allylic oxidation sites excluding steroid dienone is 1. The Morgan fingerprint density at radius 1 is 1.54 bits per heavy atom. The van der Waals surface area contributed by atoms with Crippen LogP contribution < -0.4 is 0 Å². The van der Waals surface area contributed by atoms with Gasteiger partial charge in [0, 0.05) is 0 Å². The fourth-order valence-corrected chi connectivity index (χ4v) is 1.69. The molecule has 0 spiro atoms. The number of hydrogen-bond acceptors (Lipinski definition) is 3. The predicted octanol–water partition coefficient (Wildman–Crippen LogP) is 0.447. The highest BCUT2D eigenvalue weighted by Gasteiger charge is 2.31. The minimum absolute atomic E-state index is 0.0813. The van der Waals surface area contributed by atoms with Crippen molar-refractivity contribution < 1.29 is 15.3 Å². The zero-order valence-corrected chi connectivity index (χ0v) is 8.20. The van der Waals surface area contributed by atoms with Crippen LogP contribution in [-0.2, 0) is 0 Å². The van der Waals surface area contributed by atoms with Gasteiger partial charge >= 0.3 is 0 Å². The Kier molecular flexibility index (Phi) is 3.11. The maximum absolute atomic E-state index is 9.72. The molecule has 1 aliphatic rings. The third-order valence-electron chi connectivity index (χ3n) is 2.78. The van der Waals surface area contributed by atoms with Crippen LogP contribution >= 0.6 is 0 Å². The molecule has 0 aliphatic heterocycles. The Labute approximate surface area is 78.7 Å². The van der Waals surface area contributed by atoms with Gasteiger partial charge < -0.3 is 15.3 Å². The first kappa shape index (κ1) is 10.7. The van der Waals surface area contributed by atoms with Crippen molar-refractivity contribution in [3.05, 3.63) is 11.6 Å². The summed E-state index contributed by atoms with van der Waals surface area (Å²) in [4.78, 5) is 0. The molecule has 0 amide bonds.